The smallest absolute Gasteiger partial charge is 0.328 e. The van der Waals surface area contributed by atoms with Crippen LogP contribution in [0.3, 0.4) is 0 Å². The summed E-state index contributed by atoms with van der Waals surface area (Å²) in [6.45, 7) is 1.57. The molecule has 5 N–H and O–H groups in total. The summed E-state index contributed by atoms with van der Waals surface area (Å²) in [6.07, 6.45) is 1.12. The van der Waals surface area contributed by atoms with Crippen LogP contribution in [0.5, 0.6) is 0 Å². The molecule has 132 valence electrons. The predicted octanol–water partition coefficient (Wildman–Crippen LogP) is 2.21. The minimum Gasteiger partial charge on any atom is -0.478 e. The van der Waals surface area contributed by atoms with Crippen LogP contribution in [0.15, 0.2) is 30.4 Å². The molecule has 0 bridgehead atoms. The lowest BCUT2D eigenvalue weighted by molar-refractivity contribution is -0.134. The number of benzene rings is 1. The lowest BCUT2D eigenvalue weighted by Crippen LogP contribution is -2.33. The summed E-state index contributed by atoms with van der Waals surface area (Å²) < 4.78 is 0. The van der Waals surface area contributed by atoms with Gasteiger partial charge in [-0.1, -0.05) is 29.3 Å². The van der Waals surface area contributed by atoms with Crippen LogP contribution in [-0.4, -0.2) is 47.4 Å². The number of hydrogen-bond donors (Lipinski definition) is 5. The van der Waals surface area contributed by atoms with Crippen molar-refractivity contribution in [1.82, 2.24) is 10.6 Å². The monoisotopic (exact) mass is 393 g/mol. The Balaban J connectivity index is 0.000000561. The van der Waals surface area contributed by atoms with E-state index < -0.39 is 11.9 Å². The molecule has 10 heteroatoms. The van der Waals surface area contributed by atoms with E-state index in [1.54, 1.807) is 18.2 Å². The lowest BCUT2D eigenvalue weighted by Gasteiger charge is -2.12. The van der Waals surface area contributed by atoms with E-state index in [1.807, 2.05) is 7.05 Å². The van der Waals surface area contributed by atoms with Crippen molar-refractivity contribution in [2.75, 3.05) is 25.5 Å². The van der Waals surface area contributed by atoms with Gasteiger partial charge >= 0.3 is 11.9 Å². The number of halogens is 2. The molecule has 0 spiro atoms. The number of anilines is 1. The molecule has 0 atom stereocenters. The highest BCUT2D eigenvalue weighted by atomic mass is 35.5. The molecule has 0 amide bonds. The zero-order chi connectivity index (χ0) is 18.5. The van der Waals surface area contributed by atoms with Crippen molar-refractivity contribution < 1.29 is 19.8 Å². The van der Waals surface area contributed by atoms with Gasteiger partial charge in [0, 0.05) is 25.2 Å². The summed E-state index contributed by atoms with van der Waals surface area (Å²) in [5.74, 6) is -2.51. The number of para-hydroxylation sites is 1. The molecule has 7 nitrogen and oxygen atoms in total. The highest BCUT2D eigenvalue weighted by molar-refractivity contribution is 7.80. The average molecular weight is 394 g/mol. The average Bonchev–Trinajstić information content (AvgIpc) is 2.50. The van der Waals surface area contributed by atoms with E-state index in [2.05, 4.69) is 16.0 Å². The summed E-state index contributed by atoms with van der Waals surface area (Å²) in [5.41, 5.74) is 0.632. The number of likely N-dealkylation sites (N-methyl/N-ethyl adjacent to an activating group) is 1. The van der Waals surface area contributed by atoms with Crippen molar-refractivity contribution >= 4 is 58.2 Å². The first-order chi connectivity index (χ1) is 11.3. The maximum absolute atomic E-state index is 9.55. The molecule has 0 fully saturated rings. The summed E-state index contributed by atoms with van der Waals surface area (Å²) in [6, 6.07) is 5.30. The van der Waals surface area contributed by atoms with Crippen LogP contribution in [0, 0.1) is 0 Å². The molecule has 0 saturated carbocycles. The van der Waals surface area contributed by atoms with Crippen molar-refractivity contribution in [2.24, 2.45) is 0 Å². The second-order valence-electron chi connectivity index (χ2n) is 4.09. The highest BCUT2D eigenvalue weighted by Crippen LogP contribution is 2.29. The highest BCUT2D eigenvalue weighted by Gasteiger charge is 2.06. The normalized spacial score (nSPS) is 9.79. The van der Waals surface area contributed by atoms with Gasteiger partial charge in [0.05, 0.1) is 15.7 Å². The quantitative estimate of drug-likeness (QED) is 0.284. The molecule has 24 heavy (non-hydrogen) atoms. The maximum Gasteiger partial charge on any atom is 0.328 e. The molecule has 0 aliphatic carbocycles. The number of nitrogens with one attached hydrogen (secondary N) is 3. The molecule has 0 aromatic heterocycles. The summed E-state index contributed by atoms with van der Waals surface area (Å²) >= 11 is 17.1. The second-order valence-corrected chi connectivity index (χ2v) is 5.31. The Morgan fingerprint density at radius 2 is 1.62 bits per heavy atom. The number of rotatable bonds is 6. The number of thiocarbonyl (C=S) groups is 1. The molecule has 0 aliphatic heterocycles. The molecule has 1 rings (SSSR count). The largest absolute Gasteiger partial charge is 0.478 e. The zero-order valence-corrected chi connectivity index (χ0v) is 15.0. The minimum absolute atomic E-state index is 0.505. The third kappa shape index (κ3) is 10.8. The van der Waals surface area contributed by atoms with E-state index in [0.717, 1.165) is 13.1 Å². The molecule has 0 aliphatic rings. The minimum atomic E-state index is -1.26. The predicted molar refractivity (Wildman–Crippen MR) is 99.0 cm³/mol. The van der Waals surface area contributed by atoms with Crippen LogP contribution in [-0.2, 0) is 9.59 Å². The van der Waals surface area contributed by atoms with Crippen molar-refractivity contribution in [3.8, 4) is 0 Å². The van der Waals surface area contributed by atoms with Crippen molar-refractivity contribution in [3.63, 3.8) is 0 Å². The Labute approximate surface area is 154 Å². The first kappa shape index (κ1) is 22.1. The van der Waals surface area contributed by atoms with E-state index >= 15 is 0 Å². The summed E-state index contributed by atoms with van der Waals surface area (Å²) in [7, 11) is 1.88. The van der Waals surface area contributed by atoms with Gasteiger partial charge in [0.2, 0.25) is 0 Å². The standard InChI is InChI=1S/C10H13Cl2N3S.C4H4O4/c1-13-5-6-14-10(16)15-9-7(11)3-2-4-8(9)12;5-3(6)1-2-4(7)8/h2-4,13H,5-6H2,1H3,(H2,14,15,16);1-2H,(H,5,6)(H,7,8)/b;2-1-. The zero-order valence-electron chi connectivity index (χ0n) is 12.7. The van der Waals surface area contributed by atoms with Gasteiger partial charge in [-0.2, -0.15) is 0 Å². The SMILES string of the molecule is CNCCNC(=S)Nc1c(Cl)cccc1Cl.O=C(O)/C=C\C(=O)O. The van der Waals surface area contributed by atoms with Gasteiger partial charge < -0.3 is 26.2 Å². The third-order valence-corrected chi connectivity index (χ3v) is 3.11. The maximum atomic E-state index is 9.55. The van der Waals surface area contributed by atoms with Crippen LogP contribution in [0.25, 0.3) is 0 Å². The number of carboxylic acids is 2. The van der Waals surface area contributed by atoms with Crippen molar-refractivity contribution in [1.29, 1.82) is 0 Å². The van der Waals surface area contributed by atoms with Gasteiger partial charge in [-0.3, -0.25) is 0 Å². The topological polar surface area (TPSA) is 111 Å². The Morgan fingerprint density at radius 1 is 1.12 bits per heavy atom. The second kappa shape index (κ2) is 12.5. The first-order valence-corrected chi connectivity index (χ1v) is 7.71. The fraction of sp³-hybridized carbons (Fsp3) is 0.214. The van der Waals surface area contributed by atoms with Crippen LogP contribution >= 0.6 is 35.4 Å². The number of hydrogen-bond acceptors (Lipinski definition) is 4. The van der Waals surface area contributed by atoms with E-state index in [9.17, 15) is 9.59 Å². The van der Waals surface area contributed by atoms with Crippen LogP contribution in [0.1, 0.15) is 0 Å². The summed E-state index contributed by atoms with van der Waals surface area (Å²) in [5, 5.41) is 26.2. The van der Waals surface area contributed by atoms with Gasteiger partial charge in [0.25, 0.3) is 0 Å². The first-order valence-electron chi connectivity index (χ1n) is 6.55. The third-order valence-electron chi connectivity index (χ3n) is 2.23. The van der Waals surface area contributed by atoms with Crippen molar-refractivity contribution in [2.45, 2.75) is 0 Å². The lowest BCUT2D eigenvalue weighted by atomic mass is 10.3. The van der Waals surface area contributed by atoms with Crippen LogP contribution in [0.4, 0.5) is 5.69 Å². The molecule has 0 radical (unpaired) electrons. The Bertz CT molecular complexity index is 575. The number of carbonyl (C=O) groups is 2. The molecule has 0 unspecified atom stereocenters. The Morgan fingerprint density at radius 3 is 2.04 bits per heavy atom. The van der Waals surface area contributed by atoms with Gasteiger partial charge in [-0.25, -0.2) is 9.59 Å². The Kier molecular flexibility index (Phi) is 11.6. The number of aliphatic carboxylic acids is 2. The van der Waals surface area contributed by atoms with Crippen molar-refractivity contribution in [3.05, 3.63) is 40.4 Å². The van der Waals surface area contributed by atoms with Crippen LogP contribution in [0.2, 0.25) is 10.0 Å². The fourth-order valence-electron chi connectivity index (χ4n) is 1.22. The molecule has 1 aromatic carbocycles. The molecule has 0 saturated heterocycles. The summed E-state index contributed by atoms with van der Waals surface area (Å²) in [4.78, 5) is 19.1. The van der Waals surface area contributed by atoms with Gasteiger partial charge in [-0.05, 0) is 31.4 Å². The molecular formula is C14H17Cl2N3O4S. The van der Waals surface area contributed by atoms with Gasteiger partial charge in [0.1, 0.15) is 0 Å². The number of carboxylic acid groups (broad SMARTS) is 2. The fourth-order valence-corrected chi connectivity index (χ4v) is 1.91. The molecule has 0 heterocycles. The van der Waals surface area contributed by atoms with E-state index in [-0.39, 0.29) is 0 Å². The van der Waals surface area contributed by atoms with E-state index in [0.29, 0.717) is 33.0 Å². The molecular weight excluding hydrogens is 377 g/mol. The van der Waals surface area contributed by atoms with E-state index in [1.165, 1.54) is 0 Å². The van der Waals surface area contributed by atoms with Crippen LogP contribution < -0.4 is 16.0 Å². The van der Waals surface area contributed by atoms with Gasteiger partial charge in [0.15, 0.2) is 5.11 Å². The van der Waals surface area contributed by atoms with Gasteiger partial charge in [-0.15, -0.1) is 0 Å². The Hall–Kier alpha value is -1.87. The molecule has 1 aromatic rings. The van der Waals surface area contributed by atoms with E-state index in [4.69, 9.17) is 45.6 Å².